The number of hydrogen-bond acceptors (Lipinski definition) is 4. The Balaban J connectivity index is 1.60. The number of hydrogen-bond donors (Lipinski definition) is 0. The minimum absolute atomic E-state index is 0.0512. The number of ether oxygens (including phenoxy) is 1. The molecule has 1 atom stereocenters. The molecule has 0 radical (unpaired) electrons. The van der Waals surface area contributed by atoms with Crippen molar-refractivity contribution < 1.29 is 13.9 Å². The van der Waals surface area contributed by atoms with Gasteiger partial charge >= 0.3 is 0 Å². The molecule has 1 amide bonds. The number of methoxy groups -OCH3 is 1. The molecule has 3 heterocycles. The molecule has 1 unspecified atom stereocenters. The molecule has 2 aromatic heterocycles. The van der Waals surface area contributed by atoms with Gasteiger partial charge in [0.1, 0.15) is 0 Å². The summed E-state index contributed by atoms with van der Waals surface area (Å²) in [5.41, 5.74) is 1.84. The van der Waals surface area contributed by atoms with Gasteiger partial charge < -0.3 is 9.64 Å². The first-order valence-electron chi connectivity index (χ1n) is 8.59. The smallest absolute Gasteiger partial charge is 0.247 e. The summed E-state index contributed by atoms with van der Waals surface area (Å²) in [6, 6.07) is 10.8. The van der Waals surface area contributed by atoms with Crippen LogP contribution in [0.4, 0.5) is 4.39 Å². The lowest BCUT2D eigenvalue weighted by Crippen LogP contribution is -2.38. The minimum atomic E-state index is -0.440. The summed E-state index contributed by atoms with van der Waals surface area (Å²) in [6.45, 7) is 0.677. The lowest BCUT2D eigenvalue weighted by molar-refractivity contribution is -0.127. The number of benzene rings is 1. The zero-order chi connectivity index (χ0) is 18.8. The van der Waals surface area contributed by atoms with E-state index in [0.29, 0.717) is 12.1 Å². The number of fused-ring (bicyclic) bond motifs is 1. The van der Waals surface area contributed by atoms with E-state index in [1.54, 1.807) is 40.9 Å². The Labute approximate surface area is 165 Å². The molecule has 3 aromatic rings. The second kappa shape index (κ2) is 7.66. The first-order valence-corrected chi connectivity index (χ1v) is 10.3. The number of carbonyl (C=O) groups excluding carboxylic acids is 1. The van der Waals surface area contributed by atoms with E-state index in [1.807, 2.05) is 16.3 Å². The van der Waals surface area contributed by atoms with Crippen LogP contribution >= 0.6 is 22.7 Å². The standard InChI is InChI=1S/C21H18FNO2S2/c1-25-17-6-4-14(13-16(17)22)5-7-20(24)23-10-8-18-15(9-12-27-18)21(23)19-3-2-11-26-19/h2-7,9,11-13,21H,8,10H2,1H3/b7-5+. The quantitative estimate of drug-likeness (QED) is 0.568. The van der Waals surface area contributed by atoms with Crippen molar-refractivity contribution in [2.75, 3.05) is 13.7 Å². The van der Waals surface area contributed by atoms with Crippen LogP contribution in [-0.2, 0) is 11.2 Å². The highest BCUT2D eigenvalue weighted by Gasteiger charge is 2.32. The molecule has 0 saturated heterocycles. The molecule has 6 heteroatoms. The van der Waals surface area contributed by atoms with E-state index in [-0.39, 0.29) is 17.7 Å². The van der Waals surface area contributed by atoms with Gasteiger partial charge in [-0.15, -0.1) is 22.7 Å². The molecule has 0 fully saturated rings. The molecule has 0 N–H and O–H groups in total. The molecule has 0 aliphatic carbocycles. The molecule has 4 rings (SSSR count). The summed E-state index contributed by atoms with van der Waals surface area (Å²) in [6.07, 6.45) is 4.05. The van der Waals surface area contributed by atoms with Gasteiger partial charge in [-0.2, -0.15) is 0 Å². The van der Waals surface area contributed by atoms with Gasteiger partial charge in [-0.05, 0) is 58.6 Å². The van der Waals surface area contributed by atoms with E-state index >= 15 is 0 Å². The first kappa shape index (κ1) is 17.9. The Kier molecular flexibility index (Phi) is 5.09. The summed E-state index contributed by atoms with van der Waals surface area (Å²) in [7, 11) is 1.43. The Morgan fingerprint density at radius 2 is 2.15 bits per heavy atom. The number of rotatable bonds is 4. The summed E-state index contributed by atoms with van der Waals surface area (Å²) < 4.78 is 18.8. The summed E-state index contributed by atoms with van der Waals surface area (Å²) in [5.74, 6) is -0.317. The Morgan fingerprint density at radius 3 is 2.89 bits per heavy atom. The fourth-order valence-corrected chi connectivity index (χ4v) is 5.12. The van der Waals surface area contributed by atoms with Crippen molar-refractivity contribution in [3.05, 3.63) is 79.9 Å². The van der Waals surface area contributed by atoms with Crippen molar-refractivity contribution >= 4 is 34.7 Å². The van der Waals surface area contributed by atoms with Crippen LogP contribution in [0.2, 0.25) is 0 Å². The number of carbonyl (C=O) groups is 1. The van der Waals surface area contributed by atoms with Crippen LogP contribution in [0.1, 0.15) is 26.9 Å². The number of nitrogens with zero attached hydrogens (tertiary/aromatic N) is 1. The third kappa shape index (κ3) is 3.55. The monoisotopic (exact) mass is 399 g/mol. The van der Waals surface area contributed by atoms with Crippen molar-refractivity contribution in [2.24, 2.45) is 0 Å². The number of thiophene rings is 2. The maximum Gasteiger partial charge on any atom is 0.247 e. The largest absolute Gasteiger partial charge is 0.494 e. The predicted molar refractivity (Wildman–Crippen MR) is 108 cm³/mol. The molecule has 0 spiro atoms. The molecular formula is C21H18FNO2S2. The lowest BCUT2D eigenvalue weighted by atomic mass is 9.98. The van der Waals surface area contributed by atoms with Crippen LogP contribution in [0.25, 0.3) is 6.08 Å². The second-order valence-electron chi connectivity index (χ2n) is 6.23. The van der Waals surface area contributed by atoms with E-state index < -0.39 is 5.82 Å². The van der Waals surface area contributed by atoms with E-state index in [1.165, 1.54) is 29.7 Å². The lowest BCUT2D eigenvalue weighted by Gasteiger charge is -2.34. The van der Waals surface area contributed by atoms with Crippen molar-refractivity contribution in [2.45, 2.75) is 12.5 Å². The van der Waals surface area contributed by atoms with Crippen LogP contribution in [0.15, 0.2) is 53.2 Å². The van der Waals surface area contributed by atoms with Crippen LogP contribution in [0.5, 0.6) is 5.75 Å². The fraction of sp³-hybridized carbons (Fsp3) is 0.190. The van der Waals surface area contributed by atoms with Crippen molar-refractivity contribution in [1.82, 2.24) is 4.90 Å². The highest BCUT2D eigenvalue weighted by Crippen LogP contribution is 2.39. The Bertz CT molecular complexity index is 978. The van der Waals surface area contributed by atoms with Gasteiger partial charge in [0.05, 0.1) is 13.2 Å². The van der Waals surface area contributed by atoms with Crippen molar-refractivity contribution in [3.8, 4) is 5.75 Å². The van der Waals surface area contributed by atoms with Crippen LogP contribution < -0.4 is 4.74 Å². The van der Waals surface area contributed by atoms with Gasteiger partial charge in [0.15, 0.2) is 11.6 Å². The SMILES string of the molecule is COc1ccc(/C=C/C(=O)N2CCc3sccc3C2c2cccs2)cc1F. The second-order valence-corrected chi connectivity index (χ2v) is 8.21. The van der Waals surface area contributed by atoms with Gasteiger partial charge in [-0.25, -0.2) is 4.39 Å². The van der Waals surface area contributed by atoms with Crippen molar-refractivity contribution in [3.63, 3.8) is 0 Å². The highest BCUT2D eigenvalue weighted by atomic mass is 32.1. The van der Waals surface area contributed by atoms with Crippen LogP contribution in [0, 0.1) is 5.82 Å². The summed E-state index contributed by atoms with van der Waals surface area (Å²) >= 11 is 3.41. The van der Waals surface area contributed by atoms with Crippen molar-refractivity contribution in [1.29, 1.82) is 0 Å². The third-order valence-electron chi connectivity index (χ3n) is 4.66. The molecule has 1 aliphatic heterocycles. The van der Waals surface area contributed by atoms with E-state index in [2.05, 4.69) is 17.5 Å². The van der Waals surface area contributed by atoms with Gasteiger partial charge in [-0.3, -0.25) is 4.79 Å². The van der Waals surface area contributed by atoms with Gasteiger partial charge in [0, 0.05) is 22.4 Å². The minimum Gasteiger partial charge on any atom is -0.494 e. The Hall–Kier alpha value is -2.44. The van der Waals surface area contributed by atoms with Crippen LogP contribution in [0.3, 0.4) is 0 Å². The molecule has 1 aromatic carbocycles. The molecule has 3 nitrogen and oxygen atoms in total. The summed E-state index contributed by atoms with van der Waals surface area (Å²) in [4.78, 5) is 17.4. The van der Waals surface area contributed by atoms with E-state index in [4.69, 9.17) is 4.74 Å². The average Bonchev–Trinajstić information content (AvgIpc) is 3.37. The summed E-state index contributed by atoms with van der Waals surface area (Å²) in [5, 5.41) is 4.13. The number of amides is 1. The number of halogens is 1. The maximum absolute atomic E-state index is 13.9. The molecule has 1 aliphatic rings. The zero-order valence-corrected chi connectivity index (χ0v) is 16.4. The maximum atomic E-state index is 13.9. The zero-order valence-electron chi connectivity index (χ0n) is 14.7. The normalized spacial score (nSPS) is 16.5. The molecule has 27 heavy (non-hydrogen) atoms. The highest BCUT2D eigenvalue weighted by molar-refractivity contribution is 7.10. The first-order chi connectivity index (χ1) is 13.2. The predicted octanol–water partition coefficient (Wildman–Crippen LogP) is 5.14. The Morgan fingerprint density at radius 1 is 1.26 bits per heavy atom. The molecule has 0 bridgehead atoms. The van der Waals surface area contributed by atoms with Gasteiger partial charge in [-0.1, -0.05) is 12.1 Å². The van der Waals surface area contributed by atoms with Gasteiger partial charge in [0.25, 0.3) is 0 Å². The topological polar surface area (TPSA) is 29.5 Å². The molecule has 0 saturated carbocycles. The molecular weight excluding hydrogens is 381 g/mol. The van der Waals surface area contributed by atoms with Crippen LogP contribution in [-0.4, -0.2) is 24.5 Å². The average molecular weight is 400 g/mol. The third-order valence-corrected chi connectivity index (χ3v) is 6.58. The van der Waals surface area contributed by atoms with Gasteiger partial charge in [0.2, 0.25) is 5.91 Å². The van der Waals surface area contributed by atoms with E-state index in [0.717, 1.165) is 11.3 Å². The van der Waals surface area contributed by atoms with E-state index in [9.17, 15) is 9.18 Å². The molecule has 138 valence electrons. The fourth-order valence-electron chi connectivity index (χ4n) is 3.36.